The van der Waals surface area contributed by atoms with Crippen LogP contribution in [0.2, 0.25) is 0 Å². The topological polar surface area (TPSA) is 71.8 Å². The Morgan fingerprint density at radius 2 is 2.16 bits per heavy atom. The number of hydrogen-bond donors (Lipinski definition) is 2. The summed E-state index contributed by atoms with van der Waals surface area (Å²) in [5.41, 5.74) is 6.94. The highest BCUT2D eigenvalue weighted by Gasteiger charge is 2.11. The molecule has 0 aliphatic carbocycles. The molecule has 0 radical (unpaired) electrons. The maximum Gasteiger partial charge on any atom is 0.251 e. The number of aromatic nitrogens is 2. The molecule has 0 aliphatic rings. The molecule has 100 valence electrons. The van der Waals surface area contributed by atoms with Crippen LogP contribution in [0.5, 0.6) is 0 Å². The van der Waals surface area contributed by atoms with Crippen LogP contribution in [-0.2, 0) is 0 Å². The van der Waals surface area contributed by atoms with Gasteiger partial charge in [-0.15, -0.1) is 0 Å². The third-order valence-corrected chi connectivity index (χ3v) is 3.50. The zero-order chi connectivity index (χ0) is 14.0. The molecular weight excluding hydrogens is 265 g/mol. The molecule has 0 saturated heterocycles. The fraction of sp³-hybridized carbons (Fsp3) is 0.231. The van der Waals surface area contributed by atoms with Gasteiger partial charge in [0.25, 0.3) is 5.56 Å². The Balaban J connectivity index is 2.40. The molecule has 4 nitrogen and oxygen atoms in total. The van der Waals surface area contributed by atoms with E-state index in [0.29, 0.717) is 16.4 Å². The highest BCUT2D eigenvalue weighted by molar-refractivity contribution is 7.99. The molecule has 0 fully saturated rings. The van der Waals surface area contributed by atoms with Crippen molar-refractivity contribution in [3.8, 4) is 0 Å². The van der Waals surface area contributed by atoms with Gasteiger partial charge in [0.1, 0.15) is 5.82 Å². The largest absolute Gasteiger partial charge is 0.324 e. The van der Waals surface area contributed by atoms with E-state index in [9.17, 15) is 9.18 Å². The highest BCUT2D eigenvalue weighted by atomic mass is 32.2. The number of nitrogens with one attached hydrogen (secondary N) is 1. The number of rotatable bonds is 3. The normalized spacial score (nSPS) is 12.4. The van der Waals surface area contributed by atoms with Crippen molar-refractivity contribution in [1.29, 1.82) is 0 Å². The molecule has 1 aromatic heterocycles. The first-order valence-corrected chi connectivity index (χ1v) is 6.58. The molecule has 19 heavy (non-hydrogen) atoms. The van der Waals surface area contributed by atoms with Gasteiger partial charge in [0, 0.05) is 22.7 Å². The van der Waals surface area contributed by atoms with Crippen LogP contribution in [0.3, 0.4) is 0 Å². The van der Waals surface area contributed by atoms with E-state index < -0.39 is 0 Å². The van der Waals surface area contributed by atoms with Gasteiger partial charge in [0.2, 0.25) is 0 Å². The highest BCUT2D eigenvalue weighted by Crippen LogP contribution is 2.30. The predicted molar refractivity (Wildman–Crippen MR) is 72.7 cm³/mol. The van der Waals surface area contributed by atoms with Gasteiger partial charge in [-0.2, -0.15) is 0 Å². The van der Waals surface area contributed by atoms with Crippen molar-refractivity contribution in [2.45, 2.75) is 29.9 Å². The van der Waals surface area contributed by atoms with Crippen LogP contribution in [0.1, 0.15) is 24.2 Å². The van der Waals surface area contributed by atoms with Gasteiger partial charge in [0.05, 0.1) is 0 Å². The quantitative estimate of drug-likeness (QED) is 0.846. The van der Waals surface area contributed by atoms with Gasteiger partial charge < -0.3 is 10.7 Å². The first-order valence-electron chi connectivity index (χ1n) is 5.76. The second kappa shape index (κ2) is 5.54. The summed E-state index contributed by atoms with van der Waals surface area (Å²) in [6.45, 7) is 3.53. The SMILES string of the molecule is Cc1cc(=O)[nH]c(Sc2ccc(F)cc2[C@@H](C)N)n1. The number of aromatic amines is 1. The van der Waals surface area contributed by atoms with Crippen molar-refractivity contribution in [3.05, 3.63) is 51.7 Å². The smallest absolute Gasteiger partial charge is 0.251 e. The molecule has 0 saturated carbocycles. The van der Waals surface area contributed by atoms with E-state index in [0.717, 1.165) is 4.90 Å². The molecule has 0 unspecified atom stereocenters. The van der Waals surface area contributed by atoms with Gasteiger partial charge >= 0.3 is 0 Å². The summed E-state index contributed by atoms with van der Waals surface area (Å²) in [5, 5.41) is 0.471. The minimum Gasteiger partial charge on any atom is -0.324 e. The Bertz CT molecular complexity index is 655. The molecule has 6 heteroatoms. The number of nitrogens with two attached hydrogens (primary N) is 1. The third kappa shape index (κ3) is 3.42. The van der Waals surface area contributed by atoms with Crippen LogP contribution in [0.15, 0.2) is 39.1 Å². The van der Waals surface area contributed by atoms with E-state index >= 15 is 0 Å². The van der Waals surface area contributed by atoms with Crippen LogP contribution in [0.4, 0.5) is 4.39 Å². The van der Waals surface area contributed by atoms with Crippen LogP contribution in [0.25, 0.3) is 0 Å². The van der Waals surface area contributed by atoms with Crippen molar-refractivity contribution in [2.24, 2.45) is 5.73 Å². The van der Waals surface area contributed by atoms with Crippen molar-refractivity contribution in [2.75, 3.05) is 0 Å². The second-order valence-corrected chi connectivity index (χ2v) is 5.30. The lowest BCUT2D eigenvalue weighted by molar-refractivity contribution is 0.619. The Labute approximate surface area is 114 Å². The Kier molecular flexibility index (Phi) is 4.01. The number of H-pyrrole nitrogens is 1. The Morgan fingerprint density at radius 3 is 2.79 bits per heavy atom. The van der Waals surface area contributed by atoms with Crippen LogP contribution in [-0.4, -0.2) is 9.97 Å². The zero-order valence-corrected chi connectivity index (χ0v) is 11.4. The fourth-order valence-electron chi connectivity index (χ4n) is 1.67. The van der Waals surface area contributed by atoms with Gasteiger partial charge in [-0.1, -0.05) is 11.8 Å². The molecule has 0 amide bonds. The van der Waals surface area contributed by atoms with Gasteiger partial charge in [0.15, 0.2) is 5.16 Å². The van der Waals surface area contributed by atoms with E-state index in [2.05, 4.69) is 9.97 Å². The standard InChI is InChI=1S/C13H14FN3OS/c1-7-5-12(18)17-13(16-7)19-11-4-3-9(14)6-10(11)8(2)15/h3-6,8H,15H2,1-2H3,(H,16,17,18)/t8-/m1/s1. The number of aryl methyl sites for hydroxylation is 1. The molecule has 0 aliphatic heterocycles. The van der Waals surface area contributed by atoms with E-state index in [4.69, 9.17) is 5.73 Å². The number of nitrogens with zero attached hydrogens (tertiary/aromatic N) is 1. The molecule has 2 aromatic rings. The third-order valence-electron chi connectivity index (χ3n) is 2.52. The number of benzene rings is 1. The van der Waals surface area contributed by atoms with Crippen molar-refractivity contribution in [3.63, 3.8) is 0 Å². The molecule has 1 heterocycles. The van der Waals surface area contributed by atoms with E-state index in [-0.39, 0.29) is 17.4 Å². The van der Waals surface area contributed by atoms with E-state index in [1.54, 1.807) is 19.9 Å². The number of hydrogen-bond acceptors (Lipinski definition) is 4. The fourth-order valence-corrected chi connectivity index (χ4v) is 2.72. The molecule has 0 bridgehead atoms. The molecule has 2 rings (SSSR count). The lowest BCUT2D eigenvalue weighted by Crippen LogP contribution is -2.09. The molecule has 1 aromatic carbocycles. The summed E-state index contributed by atoms with van der Waals surface area (Å²) in [6.07, 6.45) is 0. The van der Waals surface area contributed by atoms with Gasteiger partial charge in [-0.25, -0.2) is 9.37 Å². The molecule has 0 spiro atoms. The lowest BCUT2D eigenvalue weighted by Gasteiger charge is -2.12. The first kappa shape index (κ1) is 13.8. The lowest BCUT2D eigenvalue weighted by atomic mass is 10.1. The monoisotopic (exact) mass is 279 g/mol. The Morgan fingerprint density at radius 1 is 1.42 bits per heavy atom. The molecule has 1 atom stereocenters. The minimum atomic E-state index is -0.331. The zero-order valence-electron chi connectivity index (χ0n) is 10.6. The van der Waals surface area contributed by atoms with Crippen molar-refractivity contribution >= 4 is 11.8 Å². The van der Waals surface area contributed by atoms with Crippen molar-refractivity contribution < 1.29 is 4.39 Å². The Hall–Kier alpha value is -1.66. The number of halogens is 1. The first-order chi connectivity index (χ1) is 8.95. The average molecular weight is 279 g/mol. The predicted octanol–water partition coefficient (Wildman–Crippen LogP) is 2.39. The molecular formula is C13H14FN3OS. The van der Waals surface area contributed by atoms with E-state index in [1.165, 1.54) is 30.0 Å². The summed E-state index contributed by atoms with van der Waals surface area (Å²) in [6, 6.07) is 5.53. The van der Waals surface area contributed by atoms with Gasteiger partial charge in [-0.05, 0) is 37.6 Å². The van der Waals surface area contributed by atoms with Crippen LogP contribution < -0.4 is 11.3 Å². The summed E-state index contributed by atoms with van der Waals surface area (Å²) >= 11 is 1.27. The van der Waals surface area contributed by atoms with Gasteiger partial charge in [-0.3, -0.25) is 4.79 Å². The average Bonchev–Trinajstić information content (AvgIpc) is 2.30. The molecule has 3 N–H and O–H groups in total. The maximum absolute atomic E-state index is 13.2. The van der Waals surface area contributed by atoms with E-state index in [1.807, 2.05) is 0 Å². The summed E-state index contributed by atoms with van der Waals surface area (Å²) < 4.78 is 13.2. The summed E-state index contributed by atoms with van der Waals surface area (Å²) in [4.78, 5) is 19.0. The van der Waals surface area contributed by atoms with Crippen LogP contribution in [0, 0.1) is 12.7 Å². The van der Waals surface area contributed by atoms with Crippen LogP contribution >= 0.6 is 11.8 Å². The van der Waals surface area contributed by atoms with Crippen molar-refractivity contribution in [1.82, 2.24) is 9.97 Å². The summed E-state index contributed by atoms with van der Waals surface area (Å²) in [5.74, 6) is -0.331. The minimum absolute atomic E-state index is 0.209. The second-order valence-electron chi connectivity index (χ2n) is 4.26. The maximum atomic E-state index is 13.2. The summed E-state index contributed by atoms with van der Waals surface area (Å²) in [7, 11) is 0.